The van der Waals surface area contributed by atoms with Gasteiger partial charge in [0.05, 0.1) is 0 Å². The summed E-state index contributed by atoms with van der Waals surface area (Å²) in [4.78, 5) is 21.3. The fraction of sp³-hybridized carbons (Fsp3) is 0.500. The lowest BCUT2D eigenvalue weighted by Gasteiger charge is -2.33. The van der Waals surface area contributed by atoms with Crippen LogP contribution < -0.4 is 10.6 Å². The predicted octanol–water partition coefficient (Wildman–Crippen LogP) is 3.72. The molecule has 2 fully saturated rings. The molecule has 1 aliphatic heterocycles. The minimum atomic E-state index is -0.387. The number of anilines is 1. The number of piperazine rings is 1. The Balaban J connectivity index is 1.64. The summed E-state index contributed by atoms with van der Waals surface area (Å²) in [6.07, 6.45) is 7.79. The Morgan fingerprint density at radius 3 is 2.34 bits per heavy atom. The summed E-state index contributed by atoms with van der Waals surface area (Å²) in [5.41, 5.74) is 9.43. The van der Waals surface area contributed by atoms with Crippen molar-refractivity contribution in [3.63, 3.8) is 0 Å². The second-order valence-corrected chi connectivity index (χ2v) is 8.65. The van der Waals surface area contributed by atoms with E-state index < -0.39 is 0 Å². The topological polar surface area (TPSA) is 62.5 Å². The number of rotatable bonds is 5. The van der Waals surface area contributed by atoms with Gasteiger partial charge >= 0.3 is 0 Å². The zero-order chi connectivity index (χ0) is 20.2. The first-order chi connectivity index (χ1) is 14.1. The molecule has 5 heteroatoms. The van der Waals surface area contributed by atoms with Crippen LogP contribution in [0.25, 0.3) is 11.1 Å². The van der Waals surface area contributed by atoms with Crippen molar-refractivity contribution in [2.24, 2.45) is 11.7 Å². The van der Waals surface area contributed by atoms with Gasteiger partial charge in [0.25, 0.3) is 0 Å². The third-order valence-corrected chi connectivity index (χ3v) is 6.42. The molecule has 154 valence electrons. The van der Waals surface area contributed by atoms with Crippen LogP contribution in [-0.4, -0.2) is 49.0 Å². The maximum Gasteiger partial charge on any atom is 0.248 e. The summed E-state index contributed by atoms with van der Waals surface area (Å²) in [7, 11) is 2.18. The standard InChI is InChI=1S/C24H32N4O/c1-27-11-13-28(14-12-27)23-17-21(19-7-9-20(10-8-19)24(25)29)16-22(26-23)15-18-5-3-2-4-6-18/h7-10,16-18H,2-6,11-15H2,1H3,(H2,25,29). The summed E-state index contributed by atoms with van der Waals surface area (Å²) in [6, 6.07) is 12.1. The zero-order valence-electron chi connectivity index (χ0n) is 17.4. The molecule has 5 nitrogen and oxygen atoms in total. The van der Waals surface area contributed by atoms with Crippen molar-refractivity contribution in [3.05, 3.63) is 47.7 Å². The fourth-order valence-corrected chi connectivity index (χ4v) is 4.55. The van der Waals surface area contributed by atoms with Crippen molar-refractivity contribution >= 4 is 11.7 Å². The largest absolute Gasteiger partial charge is 0.366 e. The smallest absolute Gasteiger partial charge is 0.248 e. The molecular formula is C24H32N4O. The second kappa shape index (κ2) is 8.95. The number of carbonyl (C=O) groups excluding carboxylic acids is 1. The molecule has 1 saturated carbocycles. The van der Waals surface area contributed by atoms with Gasteiger partial charge < -0.3 is 15.5 Å². The maximum atomic E-state index is 11.4. The molecule has 2 aliphatic rings. The van der Waals surface area contributed by atoms with Crippen molar-refractivity contribution in [2.75, 3.05) is 38.1 Å². The SMILES string of the molecule is CN1CCN(c2cc(-c3ccc(C(N)=O)cc3)cc(CC3CCCCC3)n2)CC1. The quantitative estimate of drug-likeness (QED) is 0.842. The Kier molecular flexibility index (Phi) is 6.14. The number of pyridine rings is 1. The van der Waals surface area contributed by atoms with Gasteiger partial charge in [-0.25, -0.2) is 4.98 Å². The van der Waals surface area contributed by atoms with Crippen molar-refractivity contribution in [1.82, 2.24) is 9.88 Å². The summed E-state index contributed by atoms with van der Waals surface area (Å²) in [6.45, 7) is 4.15. The summed E-state index contributed by atoms with van der Waals surface area (Å²) in [5, 5.41) is 0. The highest BCUT2D eigenvalue weighted by Gasteiger charge is 2.19. The van der Waals surface area contributed by atoms with Crippen LogP contribution in [0.5, 0.6) is 0 Å². The Bertz CT molecular complexity index is 834. The van der Waals surface area contributed by atoms with Crippen molar-refractivity contribution in [2.45, 2.75) is 38.5 Å². The lowest BCUT2D eigenvalue weighted by Crippen LogP contribution is -2.44. The van der Waals surface area contributed by atoms with Crippen molar-refractivity contribution < 1.29 is 4.79 Å². The molecule has 1 aromatic heterocycles. The number of hydrogen-bond donors (Lipinski definition) is 1. The van der Waals surface area contributed by atoms with Crippen LogP contribution in [0.2, 0.25) is 0 Å². The van der Waals surface area contributed by atoms with E-state index >= 15 is 0 Å². The summed E-state index contributed by atoms with van der Waals surface area (Å²) in [5.74, 6) is 1.45. The first kappa shape index (κ1) is 19.9. The van der Waals surface area contributed by atoms with Crippen LogP contribution in [0.4, 0.5) is 5.82 Å². The Hall–Kier alpha value is -2.40. The molecular weight excluding hydrogens is 360 g/mol. The molecule has 0 bridgehead atoms. The molecule has 0 atom stereocenters. The summed E-state index contributed by atoms with van der Waals surface area (Å²) < 4.78 is 0. The molecule has 1 aliphatic carbocycles. The number of primary amides is 1. The third-order valence-electron chi connectivity index (χ3n) is 6.42. The Labute approximate surface area is 173 Å². The molecule has 1 aromatic carbocycles. The van der Waals surface area contributed by atoms with Gasteiger partial charge in [-0.15, -0.1) is 0 Å². The number of nitrogens with zero attached hydrogens (tertiary/aromatic N) is 3. The van der Waals surface area contributed by atoms with Gasteiger partial charge in [-0.3, -0.25) is 4.79 Å². The lowest BCUT2D eigenvalue weighted by atomic mass is 9.85. The monoisotopic (exact) mass is 392 g/mol. The molecule has 0 spiro atoms. The lowest BCUT2D eigenvalue weighted by molar-refractivity contribution is 0.100. The van der Waals surface area contributed by atoms with E-state index in [9.17, 15) is 4.79 Å². The highest BCUT2D eigenvalue weighted by Crippen LogP contribution is 2.30. The van der Waals surface area contributed by atoms with Gasteiger partial charge in [-0.2, -0.15) is 0 Å². The second-order valence-electron chi connectivity index (χ2n) is 8.65. The van der Waals surface area contributed by atoms with E-state index in [0.29, 0.717) is 5.56 Å². The average molecular weight is 393 g/mol. The number of nitrogens with two attached hydrogens (primary N) is 1. The van der Waals surface area contributed by atoms with E-state index in [4.69, 9.17) is 10.7 Å². The molecule has 2 aromatic rings. The van der Waals surface area contributed by atoms with E-state index in [1.54, 1.807) is 0 Å². The minimum Gasteiger partial charge on any atom is -0.366 e. The van der Waals surface area contributed by atoms with Gasteiger partial charge in [0.2, 0.25) is 5.91 Å². The molecule has 2 N–H and O–H groups in total. The van der Waals surface area contributed by atoms with Crippen LogP contribution in [0.3, 0.4) is 0 Å². The first-order valence-electron chi connectivity index (χ1n) is 10.9. The molecule has 1 saturated heterocycles. The van der Waals surface area contributed by atoms with E-state index in [1.807, 2.05) is 24.3 Å². The number of hydrogen-bond acceptors (Lipinski definition) is 4. The van der Waals surface area contributed by atoms with Crippen LogP contribution in [-0.2, 0) is 6.42 Å². The van der Waals surface area contributed by atoms with Crippen LogP contribution in [0, 0.1) is 5.92 Å². The van der Waals surface area contributed by atoms with Crippen LogP contribution in [0.15, 0.2) is 36.4 Å². The fourth-order valence-electron chi connectivity index (χ4n) is 4.55. The maximum absolute atomic E-state index is 11.4. The number of carbonyl (C=O) groups is 1. The number of amides is 1. The highest BCUT2D eigenvalue weighted by molar-refractivity contribution is 5.93. The number of benzene rings is 1. The van der Waals surface area contributed by atoms with E-state index in [-0.39, 0.29) is 5.91 Å². The van der Waals surface area contributed by atoms with Gasteiger partial charge in [-0.1, -0.05) is 44.2 Å². The van der Waals surface area contributed by atoms with E-state index in [2.05, 4.69) is 29.0 Å². The molecule has 2 heterocycles. The Morgan fingerprint density at radius 1 is 1.00 bits per heavy atom. The van der Waals surface area contributed by atoms with E-state index in [1.165, 1.54) is 43.4 Å². The van der Waals surface area contributed by atoms with E-state index in [0.717, 1.165) is 49.9 Å². The first-order valence-corrected chi connectivity index (χ1v) is 10.9. The average Bonchev–Trinajstić information content (AvgIpc) is 2.75. The van der Waals surface area contributed by atoms with Gasteiger partial charge in [0, 0.05) is 37.4 Å². The summed E-state index contributed by atoms with van der Waals surface area (Å²) >= 11 is 0. The zero-order valence-corrected chi connectivity index (χ0v) is 17.4. The van der Waals surface area contributed by atoms with Crippen LogP contribution in [0.1, 0.15) is 48.2 Å². The van der Waals surface area contributed by atoms with Gasteiger partial charge in [0.15, 0.2) is 0 Å². The normalized spacial score (nSPS) is 18.7. The predicted molar refractivity (Wildman–Crippen MR) is 118 cm³/mol. The Morgan fingerprint density at radius 2 is 1.69 bits per heavy atom. The minimum absolute atomic E-state index is 0.387. The highest BCUT2D eigenvalue weighted by atomic mass is 16.1. The molecule has 0 unspecified atom stereocenters. The van der Waals surface area contributed by atoms with Gasteiger partial charge in [-0.05, 0) is 54.8 Å². The molecule has 0 radical (unpaired) electrons. The third kappa shape index (κ3) is 4.96. The molecule has 1 amide bonds. The van der Waals surface area contributed by atoms with Crippen LogP contribution >= 0.6 is 0 Å². The number of likely N-dealkylation sites (N-methyl/N-ethyl adjacent to an activating group) is 1. The van der Waals surface area contributed by atoms with Gasteiger partial charge in [0.1, 0.15) is 5.82 Å². The number of aromatic nitrogens is 1. The molecule has 29 heavy (non-hydrogen) atoms. The van der Waals surface area contributed by atoms with Crippen molar-refractivity contribution in [1.29, 1.82) is 0 Å². The molecule has 4 rings (SSSR count). The van der Waals surface area contributed by atoms with Crippen molar-refractivity contribution in [3.8, 4) is 11.1 Å².